The SMILES string of the molecule is CN=C(NCCCN(C)c1cccc(F)c1)NC1CCN(c2ncccc2F)C1.I. The molecule has 1 unspecified atom stereocenters. The van der Waals surface area contributed by atoms with Crippen molar-refractivity contribution in [1.29, 1.82) is 0 Å². The van der Waals surface area contributed by atoms with Gasteiger partial charge in [0.15, 0.2) is 17.6 Å². The summed E-state index contributed by atoms with van der Waals surface area (Å²) in [5, 5.41) is 6.71. The number of hydrogen-bond acceptors (Lipinski definition) is 4. The van der Waals surface area contributed by atoms with E-state index < -0.39 is 0 Å². The molecule has 1 atom stereocenters. The van der Waals surface area contributed by atoms with Crippen LogP contribution in [0.25, 0.3) is 0 Å². The Bertz CT molecular complexity index is 835. The van der Waals surface area contributed by atoms with Gasteiger partial charge in [-0.15, -0.1) is 24.0 Å². The molecule has 1 aliphatic rings. The summed E-state index contributed by atoms with van der Waals surface area (Å²) in [6.07, 6.45) is 3.38. The largest absolute Gasteiger partial charge is 0.374 e. The first-order valence-corrected chi connectivity index (χ1v) is 9.86. The molecule has 0 spiro atoms. The molecule has 9 heteroatoms. The van der Waals surface area contributed by atoms with Gasteiger partial charge in [-0.05, 0) is 43.2 Å². The van der Waals surface area contributed by atoms with Crippen LogP contribution < -0.4 is 20.4 Å². The molecule has 1 saturated heterocycles. The van der Waals surface area contributed by atoms with Crippen molar-refractivity contribution in [2.45, 2.75) is 18.9 Å². The van der Waals surface area contributed by atoms with E-state index in [1.807, 2.05) is 22.9 Å². The molecule has 1 aromatic heterocycles. The summed E-state index contributed by atoms with van der Waals surface area (Å²) in [5.74, 6) is 0.609. The summed E-state index contributed by atoms with van der Waals surface area (Å²) >= 11 is 0. The topological polar surface area (TPSA) is 55.8 Å². The fourth-order valence-electron chi connectivity index (χ4n) is 3.43. The molecule has 30 heavy (non-hydrogen) atoms. The van der Waals surface area contributed by atoms with E-state index in [-0.39, 0.29) is 41.7 Å². The molecule has 0 aliphatic carbocycles. The highest BCUT2D eigenvalue weighted by Crippen LogP contribution is 2.20. The average molecular weight is 530 g/mol. The summed E-state index contributed by atoms with van der Waals surface area (Å²) in [4.78, 5) is 12.4. The minimum absolute atomic E-state index is 0. The number of hydrogen-bond donors (Lipinski definition) is 2. The monoisotopic (exact) mass is 530 g/mol. The summed E-state index contributed by atoms with van der Waals surface area (Å²) in [5.41, 5.74) is 0.861. The second-order valence-electron chi connectivity index (χ2n) is 7.14. The molecule has 1 aromatic carbocycles. The molecule has 0 bridgehead atoms. The maximum absolute atomic E-state index is 13.9. The zero-order valence-corrected chi connectivity index (χ0v) is 19.6. The van der Waals surface area contributed by atoms with E-state index in [2.05, 4.69) is 20.6 Å². The van der Waals surface area contributed by atoms with Crippen LogP contribution in [0.2, 0.25) is 0 Å². The summed E-state index contributed by atoms with van der Waals surface area (Å²) in [6, 6.07) is 9.80. The van der Waals surface area contributed by atoms with Crippen molar-refractivity contribution in [3.05, 3.63) is 54.2 Å². The van der Waals surface area contributed by atoms with E-state index in [9.17, 15) is 8.78 Å². The van der Waals surface area contributed by atoms with Gasteiger partial charge in [-0.3, -0.25) is 4.99 Å². The van der Waals surface area contributed by atoms with Crippen molar-refractivity contribution in [1.82, 2.24) is 15.6 Å². The Balaban J connectivity index is 0.00000320. The Morgan fingerprint density at radius 1 is 1.30 bits per heavy atom. The number of halogens is 3. The van der Waals surface area contributed by atoms with Crippen LogP contribution in [0.15, 0.2) is 47.6 Å². The number of aromatic nitrogens is 1. The standard InChI is InChI=1S/C21H28F2N6.HI/c1-24-21(26-11-5-12-28(2)18-7-3-6-16(22)14-18)27-17-9-13-29(15-17)20-19(23)8-4-10-25-20;/h3-4,6-8,10,14,17H,5,9,11-13,15H2,1-2H3,(H2,24,26,27);1H. The van der Waals surface area contributed by atoms with Crippen molar-refractivity contribution >= 4 is 41.4 Å². The maximum atomic E-state index is 13.9. The van der Waals surface area contributed by atoms with Gasteiger partial charge in [-0.2, -0.15) is 0 Å². The highest BCUT2D eigenvalue weighted by molar-refractivity contribution is 14.0. The molecule has 6 nitrogen and oxygen atoms in total. The molecule has 0 radical (unpaired) electrons. The third-order valence-corrected chi connectivity index (χ3v) is 5.00. The molecular weight excluding hydrogens is 501 g/mol. The zero-order valence-electron chi connectivity index (χ0n) is 17.3. The highest BCUT2D eigenvalue weighted by Gasteiger charge is 2.25. The molecule has 1 aliphatic heterocycles. The van der Waals surface area contributed by atoms with Crippen LogP contribution in [0.4, 0.5) is 20.3 Å². The zero-order chi connectivity index (χ0) is 20.6. The van der Waals surface area contributed by atoms with Crippen molar-refractivity contribution < 1.29 is 8.78 Å². The van der Waals surface area contributed by atoms with Gasteiger partial charge in [0.2, 0.25) is 0 Å². The molecular formula is C21H29F2IN6. The van der Waals surface area contributed by atoms with Gasteiger partial charge in [0.1, 0.15) is 5.82 Å². The van der Waals surface area contributed by atoms with Gasteiger partial charge in [0, 0.05) is 58.2 Å². The Kier molecular flexibility index (Phi) is 9.54. The average Bonchev–Trinajstić information content (AvgIpc) is 3.18. The minimum Gasteiger partial charge on any atom is -0.374 e. The number of aliphatic imine (C=N–C) groups is 1. The van der Waals surface area contributed by atoms with Gasteiger partial charge < -0.3 is 20.4 Å². The maximum Gasteiger partial charge on any atom is 0.191 e. The first-order chi connectivity index (χ1) is 14.1. The third kappa shape index (κ3) is 6.68. The van der Waals surface area contributed by atoms with Crippen LogP contribution in [-0.4, -0.2) is 57.3 Å². The number of nitrogens with zero attached hydrogens (tertiary/aromatic N) is 4. The van der Waals surface area contributed by atoms with E-state index in [0.717, 1.165) is 44.1 Å². The van der Waals surface area contributed by atoms with Gasteiger partial charge in [0.25, 0.3) is 0 Å². The fraction of sp³-hybridized carbons (Fsp3) is 0.429. The van der Waals surface area contributed by atoms with E-state index in [1.54, 1.807) is 25.4 Å². The first kappa shape index (κ1) is 24.1. The number of anilines is 2. The quantitative estimate of drug-likeness (QED) is 0.249. The number of nitrogens with one attached hydrogen (secondary N) is 2. The summed E-state index contributed by atoms with van der Waals surface area (Å²) in [6.45, 7) is 2.96. The normalized spacial score (nSPS) is 16.2. The Hall–Kier alpha value is -2.17. The van der Waals surface area contributed by atoms with Gasteiger partial charge in [-0.25, -0.2) is 13.8 Å². The first-order valence-electron chi connectivity index (χ1n) is 9.86. The number of guanidine groups is 1. The van der Waals surface area contributed by atoms with E-state index in [1.165, 1.54) is 18.2 Å². The van der Waals surface area contributed by atoms with Gasteiger partial charge >= 0.3 is 0 Å². The second-order valence-corrected chi connectivity index (χ2v) is 7.14. The summed E-state index contributed by atoms with van der Waals surface area (Å²) < 4.78 is 27.3. The Morgan fingerprint density at radius 3 is 2.87 bits per heavy atom. The molecule has 0 amide bonds. The molecule has 2 heterocycles. The Morgan fingerprint density at radius 2 is 2.13 bits per heavy atom. The predicted octanol–water partition coefficient (Wildman–Crippen LogP) is 3.25. The van der Waals surface area contributed by atoms with Crippen LogP contribution in [0.3, 0.4) is 0 Å². The Labute approximate surface area is 193 Å². The second kappa shape index (κ2) is 11.9. The predicted molar refractivity (Wildman–Crippen MR) is 129 cm³/mol. The molecule has 164 valence electrons. The van der Waals surface area contributed by atoms with E-state index in [4.69, 9.17) is 0 Å². The van der Waals surface area contributed by atoms with Crippen LogP contribution in [0, 0.1) is 11.6 Å². The van der Waals surface area contributed by atoms with Crippen molar-refractivity contribution in [2.75, 3.05) is 50.1 Å². The van der Waals surface area contributed by atoms with Crippen LogP contribution >= 0.6 is 24.0 Å². The van der Waals surface area contributed by atoms with Crippen LogP contribution in [0.5, 0.6) is 0 Å². The van der Waals surface area contributed by atoms with Crippen LogP contribution in [-0.2, 0) is 0 Å². The molecule has 0 saturated carbocycles. The number of pyridine rings is 1. The van der Waals surface area contributed by atoms with Gasteiger partial charge in [0.05, 0.1) is 0 Å². The molecule has 2 N–H and O–H groups in total. The van der Waals surface area contributed by atoms with Crippen LogP contribution in [0.1, 0.15) is 12.8 Å². The van der Waals surface area contributed by atoms with E-state index in [0.29, 0.717) is 12.4 Å². The fourth-order valence-corrected chi connectivity index (χ4v) is 3.43. The lowest BCUT2D eigenvalue weighted by atomic mass is 10.2. The smallest absolute Gasteiger partial charge is 0.191 e. The van der Waals surface area contributed by atoms with Crippen molar-refractivity contribution in [3.8, 4) is 0 Å². The van der Waals surface area contributed by atoms with Crippen molar-refractivity contribution in [3.63, 3.8) is 0 Å². The lowest BCUT2D eigenvalue weighted by molar-refractivity contribution is 0.612. The lowest BCUT2D eigenvalue weighted by Crippen LogP contribution is -2.45. The van der Waals surface area contributed by atoms with E-state index >= 15 is 0 Å². The molecule has 3 rings (SSSR count). The summed E-state index contributed by atoms with van der Waals surface area (Å²) in [7, 11) is 3.69. The molecule has 2 aromatic rings. The molecule has 1 fully saturated rings. The highest BCUT2D eigenvalue weighted by atomic mass is 127. The van der Waals surface area contributed by atoms with Gasteiger partial charge in [-0.1, -0.05) is 6.07 Å². The number of benzene rings is 1. The third-order valence-electron chi connectivity index (χ3n) is 5.00. The number of rotatable bonds is 7. The lowest BCUT2D eigenvalue weighted by Gasteiger charge is -2.21. The van der Waals surface area contributed by atoms with Crippen molar-refractivity contribution in [2.24, 2.45) is 4.99 Å². The minimum atomic E-state index is -0.293.